The van der Waals surface area contributed by atoms with E-state index < -0.39 is 22.5 Å². The van der Waals surface area contributed by atoms with Crippen LogP contribution in [0.2, 0.25) is 0 Å². The molecular formula is C26H30N2O7S. The number of ether oxygens (including phenoxy) is 4. The van der Waals surface area contributed by atoms with Crippen molar-refractivity contribution < 1.29 is 32.2 Å². The third kappa shape index (κ3) is 5.83. The Hall–Kier alpha value is -3.92. The van der Waals surface area contributed by atoms with Crippen molar-refractivity contribution in [2.75, 3.05) is 44.6 Å². The smallest absolute Gasteiger partial charge is 0.264 e. The molecule has 0 fully saturated rings. The summed E-state index contributed by atoms with van der Waals surface area (Å²) in [6, 6.07) is 14.5. The molecule has 9 nitrogen and oxygen atoms in total. The SMILES string of the molecule is COc1ccc(NC(=O)CN(c2cc(C)cc(C)c2)S(=O)(=O)c2ccc(OC)c(OC)c2)cc1OC. The highest BCUT2D eigenvalue weighted by Gasteiger charge is 2.29. The predicted octanol–water partition coefficient (Wildman–Crippen LogP) is 4.17. The van der Waals surface area contributed by atoms with E-state index in [1.807, 2.05) is 19.9 Å². The minimum atomic E-state index is -4.16. The van der Waals surface area contributed by atoms with Crippen molar-refractivity contribution in [1.82, 2.24) is 0 Å². The molecule has 0 radical (unpaired) electrons. The first-order valence-corrected chi connectivity index (χ1v) is 12.4. The fourth-order valence-electron chi connectivity index (χ4n) is 3.76. The summed E-state index contributed by atoms with van der Waals surface area (Å²) in [5.74, 6) is 1.04. The number of anilines is 2. The number of sulfonamides is 1. The molecule has 3 aromatic rings. The van der Waals surface area contributed by atoms with Crippen LogP contribution in [-0.4, -0.2) is 49.3 Å². The van der Waals surface area contributed by atoms with Crippen molar-refractivity contribution in [3.05, 3.63) is 65.7 Å². The minimum absolute atomic E-state index is 0.0433. The predicted molar refractivity (Wildman–Crippen MR) is 138 cm³/mol. The van der Waals surface area contributed by atoms with Gasteiger partial charge in [0, 0.05) is 17.8 Å². The molecule has 0 heterocycles. The number of benzene rings is 3. The van der Waals surface area contributed by atoms with Gasteiger partial charge in [-0.15, -0.1) is 0 Å². The highest BCUT2D eigenvalue weighted by Crippen LogP contribution is 2.33. The number of amides is 1. The van der Waals surface area contributed by atoms with Gasteiger partial charge in [0.1, 0.15) is 6.54 Å². The number of carbonyl (C=O) groups excluding carboxylic acids is 1. The third-order valence-corrected chi connectivity index (χ3v) is 7.16. The standard InChI is InChI=1S/C26H30N2O7S/c1-17-11-18(2)13-20(12-17)28(36(30,31)21-8-10-23(33-4)25(15-21)35-6)16-26(29)27-19-7-9-22(32-3)24(14-19)34-5/h7-15H,16H2,1-6H3,(H,27,29). The van der Waals surface area contributed by atoms with Crippen molar-refractivity contribution in [3.63, 3.8) is 0 Å². The Balaban J connectivity index is 2.01. The lowest BCUT2D eigenvalue weighted by Crippen LogP contribution is -2.38. The molecule has 36 heavy (non-hydrogen) atoms. The van der Waals surface area contributed by atoms with Crippen LogP contribution in [0.3, 0.4) is 0 Å². The Morgan fingerprint density at radius 2 is 1.28 bits per heavy atom. The molecule has 0 saturated carbocycles. The molecule has 0 unspecified atom stereocenters. The molecule has 1 amide bonds. The van der Waals surface area contributed by atoms with Gasteiger partial charge < -0.3 is 24.3 Å². The Labute approximate surface area is 211 Å². The van der Waals surface area contributed by atoms with Gasteiger partial charge in [-0.1, -0.05) is 6.07 Å². The van der Waals surface area contributed by atoms with Crippen molar-refractivity contribution in [2.24, 2.45) is 0 Å². The first-order chi connectivity index (χ1) is 17.1. The van der Waals surface area contributed by atoms with Crippen LogP contribution < -0.4 is 28.6 Å². The highest BCUT2D eigenvalue weighted by atomic mass is 32.2. The maximum Gasteiger partial charge on any atom is 0.264 e. The number of hydrogen-bond donors (Lipinski definition) is 1. The van der Waals surface area contributed by atoms with Gasteiger partial charge in [-0.2, -0.15) is 0 Å². The fourth-order valence-corrected chi connectivity index (χ4v) is 5.18. The van der Waals surface area contributed by atoms with E-state index >= 15 is 0 Å². The zero-order chi connectivity index (χ0) is 26.5. The summed E-state index contributed by atoms with van der Waals surface area (Å²) >= 11 is 0. The van der Waals surface area contributed by atoms with E-state index in [0.29, 0.717) is 28.6 Å². The van der Waals surface area contributed by atoms with E-state index in [1.165, 1.54) is 46.6 Å². The Morgan fingerprint density at radius 3 is 1.83 bits per heavy atom. The molecule has 0 saturated heterocycles. The molecule has 0 aliphatic carbocycles. The second-order valence-corrected chi connectivity index (χ2v) is 9.85. The average molecular weight is 515 g/mol. The molecule has 3 aromatic carbocycles. The molecule has 0 bridgehead atoms. The van der Waals surface area contributed by atoms with E-state index in [0.717, 1.165) is 15.4 Å². The lowest BCUT2D eigenvalue weighted by atomic mass is 10.1. The summed E-state index contributed by atoms with van der Waals surface area (Å²) in [7, 11) is 1.72. The Morgan fingerprint density at radius 1 is 0.750 bits per heavy atom. The molecule has 0 aliphatic rings. The second kappa shape index (κ2) is 11.2. The number of hydrogen-bond acceptors (Lipinski definition) is 7. The van der Waals surface area contributed by atoms with Gasteiger partial charge in [0.15, 0.2) is 23.0 Å². The lowest BCUT2D eigenvalue weighted by Gasteiger charge is -2.25. The fraction of sp³-hybridized carbons (Fsp3) is 0.269. The number of nitrogens with zero attached hydrogens (tertiary/aromatic N) is 1. The van der Waals surface area contributed by atoms with Crippen LogP contribution in [0.1, 0.15) is 11.1 Å². The second-order valence-electron chi connectivity index (χ2n) is 7.99. The van der Waals surface area contributed by atoms with Crippen molar-refractivity contribution in [1.29, 1.82) is 0 Å². The van der Waals surface area contributed by atoms with Gasteiger partial charge in [-0.25, -0.2) is 8.42 Å². The number of carbonyl (C=O) groups is 1. The van der Waals surface area contributed by atoms with Gasteiger partial charge in [-0.05, 0) is 61.4 Å². The molecule has 192 valence electrons. The zero-order valence-electron chi connectivity index (χ0n) is 21.1. The summed E-state index contributed by atoms with van der Waals surface area (Å²) in [5, 5.41) is 2.74. The van der Waals surface area contributed by atoms with Gasteiger partial charge in [0.25, 0.3) is 10.0 Å². The third-order valence-electron chi connectivity index (χ3n) is 5.39. The summed E-state index contributed by atoms with van der Waals surface area (Å²) in [4.78, 5) is 13.0. The molecule has 3 rings (SSSR count). The van der Waals surface area contributed by atoms with E-state index in [1.54, 1.807) is 30.3 Å². The molecule has 10 heteroatoms. The molecule has 1 N–H and O–H groups in total. The molecule has 0 spiro atoms. The molecule has 0 aliphatic heterocycles. The van der Waals surface area contributed by atoms with Crippen molar-refractivity contribution in [3.8, 4) is 23.0 Å². The first-order valence-electron chi connectivity index (χ1n) is 11.0. The summed E-state index contributed by atoms with van der Waals surface area (Å²) < 4.78 is 49.7. The first kappa shape index (κ1) is 26.7. The van der Waals surface area contributed by atoms with Gasteiger partial charge in [0.2, 0.25) is 5.91 Å². The van der Waals surface area contributed by atoms with Gasteiger partial charge >= 0.3 is 0 Å². The van der Waals surface area contributed by atoms with E-state index in [2.05, 4.69) is 5.32 Å². The maximum atomic E-state index is 13.8. The van der Waals surface area contributed by atoms with Crippen LogP contribution in [0.15, 0.2) is 59.5 Å². The number of nitrogens with one attached hydrogen (secondary N) is 1. The number of rotatable bonds is 10. The minimum Gasteiger partial charge on any atom is -0.493 e. The summed E-state index contributed by atoms with van der Waals surface area (Å²) in [5.41, 5.74) is 2.52. The van der Waals surface area contributed by atoms with Crippen LogP contribution in [0.5, 0.6) is 23.0 Å². The van der Waals surface area contributed by atoms with Crippen LogP contribution >= 0.6 is 0 Å². The maximum absolute atomic E-state index is 13.8. The Kier molecular flexibility index (Phi) is 8.31. The van der Waals surface area contributed by atoms with Crippen LogP contribution in [0, 0.1) is 13.8 Å². The molecule has 0 atom stereocenters. The van der Waals surface area contributed by atoms with E-state index in [-0.39, 0.29) is 10.6 Å². The van der Waals surface area contributed by atoms with Gasteiger partial charge in [-0.3, -0.25) is 9.10 Å². The average Bonchev–Trinajstić information content (AvgIpc) is 2.85. The largest absolute Gasteiger partial charge is 0.493 e. The number of aryl methyl sites for hydroxylation is 2. The molecule has 0 aromatic heterocycles. The summed E-state index contributed by atoms with van der Waals surface area (Å²) in [6.45, 7) is 3.26. The monoisotopic (exact) mass is 514 g/mol. The normalized spacial score (nSPS) is 10.9. The van der Waals surface area contributed by atoms with E-state index in [4.69, 9.17) is 18.9 Å². The van der Waals surface area contributed by atoms with Crippen LogP contribution in [-0.2, 0) is 14.8 Å². The summed E-state index contributed by atoms with van der Waals surface area (Å²) in [6.07, 6.45) is 0. The zero-order valence-corrected chi connectivity index (χ0v) is 21.9. The topological polar surface area (TPSA) is 103 Å². The Bertz CT molecular complexity index is 1340. The van der Waals surface area contributed by atoms with Crippen molar-refractivity contribution in [2.45, 2.75) is 18.7 Å². The van der Waals surface area contributed by atoms with Crippen molar-refractivity contribution >= 4 is 27.3 Å². The van der Waals surface area contributed by atoms with E-state index in [9.17, 15) is 13.2 Å². The van der Waals surface area contributed by atoms with Crippen LogP contribution in [0.25, 0.3) is 0 Å². The molecular weight excluding hydrogens is 484 g/mol. The quantitative estimate of drug-likeness (QED) is 0.433. The number of methoxy groups -OCH3 is 4. The van der Waals surface area contributed by atoms with Crippen LogP contribution in [0.4, 0.5) is 11.4 Å². The highest BCUT2D eigenvalue weighted by molar-refractivity contribution is 7.92. The lowest BCUT2D eigenvalue weighted by molar-refractivity contribution is -0.114. The van der Waals surface area contributed by atoms with Gasteiger partial charge in [0.05, 0.1) is 39.0 Å².